The molecule has 0 aromatic heterocycles. The molecule has 0 bridgehead atoms. The summed E-state index contributed by atoms with van der Waals surface area (Å²) in [5, 5.41) is 3.42. The Kier molecular flexibility index (Phi) is 5.80. The highest BCUT2D eigenvalue weighted by Crippen LogP contribution is 2.15. The third-order valence-electron chi connectivity index (χ3n) is 3.95. The van der Waals surface area contributed by atoms with E-state index in [0.717, 1.165) is 24.6 Å². The van der Waals surface area contributed by atoms with Crippen molar-refractivity contribution >= 4 is 0 Å². The van der Waals surface area contributed by atoms with Crippen molar-refractivity contribution in [3.8, 4) is 0 Å². The number of halogens is 1. The van der Waals surface area contributed by atoms with Crippen LogP contribution >= 0.6 is 0 Å². The molecular formula is C16H25FN2. The maximum absolute atomic E-state index is 12.7. The first-order valence-corrected chi connectivity index (χ1v) is 7.41. The van der Waals surface area contributed by atoms with E-state index < -0.39 is 0 Å². The number of hydrogen-bond donors (Lipinski definition) is 1. The standard InChI is InChI=1S/C16H25FN2/c1-14-7-11-19(12-8-14)10-2-9-18-13-15-3-5-16(17)6-4-15/h3-6,14,18H,2,7-13H2,1H3. The van der Waals surface area contributed by atoms with Crippen molar-refractivity contribution in [3.05, 3.63) is 35.6 Å². The monoisotopic (exact) mass is 264 g/mol. The zero-order valence-electron chi connectivity index (χ0n) is 11.9. The molecule has 2 nitrogen and oxygen atoms in total. The lowest BCUT2D eigenvalue weighted by atomic mass is 9.99. The summed E-state index contributed by atoms with van der Waals surface area (Å²) in [4.78, 5) is 2.57. The molecule has 0 radical (unpaired) electrons. The molecule has 1 aliphatic rings. The van der Waals surface area contributed by atoms with Crippen molar-refractivity contribution < 1.29 is 4.39 Å². The summed E-state index contributed by atoms with van der Waals surface area (Å²) >= 11 is 0. The quantitative estimate of drug-likeness (QED) is 0.795. The summed E-state index contributed by atoms with van der Waals surface area (Å²) in [5.41, 5.74) is 1.15. The highest BCUT2D eigenvalue weighted by atomic mass is 19.1. The normalized spacial score (nSPS) is 17.8. The topological polar surface area (TPSA) is 15.3 Å². The predicted octanol–water partition coefficient (Wildman–Crippen LogP) is 3.04. The fourth-order valence-corrected chi connectivity index (χ4v) is 2.55. The Bertz CT molecular complexity index is 356. The average Bonchev–Trinajstić information content (AvgIpc) is 2.43. The molecule has 1 aromatic carbocycles. The van der Waals surface area contributed by atoms with E-state index in [-0.39, 0.29) is 5.82 Å². The molecule has 2 rings (SSSR count). The Morgan fingerprint density at radius 1 is 1.21 bits per heavy atom. The molecule has 19 heavy (non-hydrogen) atoms. The van der Waals surface area contributed by atoms with Crippen LogP contribution in [0.25, 0.3) is 0 Å². The van der Waals surface area contributed by atoms with Crippen LogP contribution in [0.2, 0.25) is 0 Å². The summed E-state index contributed by atoms with van der Waals surface area (Å²) in [7, 11) is 0. The molecule has 1 aliphatic heterocycles. The summed E-state index contributed by atoms with van der Waals surface area (Å²) in [5.74, 6) is 0.746. The van der Waals surface area contributed by atoms with Gasteiger partial charge < -0.3 is 10.2 Å². The number of likely N-dealkylation sites (tertiary alicyclic amines) is 1. The summed E-state index contributed by atoms with van der Waals surface area (Å²) < 4.78 is 12.7. The van der Waals surface area contributed by atoms with Gasteiger partial charge in [0.2, 0.25) is 0 Å². The molecule has 3 heteroatoms. The summed E-state index contributed by atoms with van der Waals surface area (Å²) in [6, 6.07) is 6.72. The van der Waals surface area contributed by atoms with Crippen molar-refractivity contribution in [1.82, 2.24) is 10.2 Å². The molecule has 1 fully saturated rings. The molecule has 106 valence electrons. The van der Waals surface area contributed by atoms with Gasteiger partial charge in [-0.3, -0.25) is 0 Å². The second-order valence-electron chi connectivity index (χ2n) is 5.68. The maximum Gasteiger partial charge on any atom is 0.123 e. The fraction of sp³-hybridized carbons (Fsp3) is 0.625. The smallest absolute Gasteiger partial charge is 0.123 e. The zero-order chi connectivity index (χ0) is 13.5. The first kappa shape index (κ1) is 14.5. The highest BCUT2D eigenvalue weighted by Gasteiger charge is 2.14. The van der Waals surface area contributed by atoms with Gasteiger partial charge in [0.05, 0.1) is 0 Å². The van der Waals surface area contributed by atoms with Crippen LogP contribution in [0.3, 0.4) is 0 Å². The van der Waals surface area contributed by atoms with Gasteiger partial charge in [-0.1, -0.05) is 19.1 Å². The van der Waals surface area contributed by atoms with Crippen LogP contribution in [0.5, 0.6) is 0 Å². The van der Waals surface area contributed by atoms with Crippen LogP contribution < -0.4 is 5.32 Å². The average molecular weight is 264 g/mol. The van der Waals surface area contributed by atoms with Gasteiger partial charge in [-0.05, 0) is 69.1 Å². The van der Waals surface area contributed by atoms with Gasteiger partial charge in [0.25, 0.3) is 0 Å². The van der Waals surface area contributed by atoms with Crippen molar-refractivity contribution in [3.63, 3.8) is 0 Å². The minimum Gasteiger partial charge on any atom is -0.313 e. The van der Waals surface area contributed by atoms with Crippen molar-refractivity contribution in [2.24, 2.45) is 5.92 Å². The number of nitrogens with one attached hydrogen (secondary N) is 1. The van der Waals surface area contributed by atoms with Crippen LogP contribution in [0, 0.1) is 11.7 Å². The van der Waals surface area contributed by atoms with E-state index in [2.05, 4.69) is 17.1 Å². The number of benzene rings is 1. The van der Waals surface area contributed by atoms with E-state index in [1.807, 2.05) is 12.1 Å². The van der Waals surface area contributed by atoms with Gasteiger partial charge in [-0.25, -0.2) is 4.39 Å². The van der Waals surface area contributed by atoms with E-state index >= 15 is 0 Å². The van der Waals surface area contributed by atoms with E-state index in [1.54, 1.807) is 0 Å². The lowest BCUT2D eigenvalue weighted by Crippen LogP contribution is -2.34. The molecule has 0 amide bonds. The van der Waals surface area contributed by atoms with Gasteiger partial charge in [0.1, 0.15) is 5.82 Å². The second-order valence-corrected chi connectivity index (χ2v) is 5.68. The molecule has 0 unspecified atom stereocenters. The highest BCUT2D eigenvalue weighted by molar-refractivity contribution is 5.15. The van der Waals surface area contributed by atoms with Crippen molar-refractivity contribution in [2.75, 3.05) is 26.2 Å². The van der Waals surface area contributed by atoms with Crippen LogP contribution in [-0.2, 0) is 6.54 Å². The molecular weight excluding hydrogens is 239 g/mol. The van der Waals surface area contributed by atoms with Gasteiger partial charge in [-0.15, -0.1) is 0 Å². The van der Waals surface area contributed by atoms with Gasteiger partial charge in [0.15, 0.2) is 0 Å². The Morgan fingerprint density at radius 2 is 1.89 bits per heavy atom. The largest absolute Gasteiger partial charge is 0.313 e. The lowest BCUT2D eigenvalue weighted by Gasteiger charge is -2.30. The van der Waals surface area contributed by atoms with E-state index in [0.29, 0.717) is 0 Å². The number of nitrogens with zero attached hydrogens (tertiary/aromatic N) is 1. The van der Waals surface area contributed by atoms with Gasteiger partial charge in [-0.2, -0.15) is 0 Å². The third kappa shape index (κ3) is 5.29. The molecule has 0 saturated carbocycles. The van der Waals surface area contributed by atoms with E-state index in [9.17, 15) is 4.39 Å². The van der Waals surface area contributed by atoms with Crippen molar-refractivity contribution in [1.29, 1.82) is 0 Å². The number of hydrogen-bond acceptors (Lipinski definition) is 2. The second kappa shape index (κ2) is 7.61. The number of rotatable bonds is 6. The number of piperidine rings is 1. The fourth-order valence-electron chi connectivity index (χ4n) is 2.55. The van der Waals surface area contributed by atoms with E-state index in [1.165, 1.54) is 51.0 Å². The van der Waals surface area contributed by atoms with Crippen LogP contribution in [0.4, 0.5) is 4.39 Å². The molecule has 1 N–H and O–H groups in total. The molecule has 0 spiro atoms. The van der Waals surface area contributed by atoms with Crippen molar-refractivity contribution in [2.45, 2.75) is 32.7 Å². The molecule has 0 aliphatic carbocycles. The van der Waals surface area contributed by atoms with E-state index in [4.69, 9.17) is 0 Å². The molecule has 1 heterocycles. The van der Waals surface area contributed by atoms with Crippen LogP contribution in [0.1, 0.15) is 31.7 Å². The Hall–Kier alpha value is -0.930. The minimum atomic E-state index is -0.164. The summed E-state index contributed by atoms with van der Waals surface area (Å²) in [6.07, 6.45) is 3.89. The first-order chi connectivity index (χ1) is 9.24. The SMILES string of the molecule is CC1CCN(CCCNCc2ccc(F)cc2)CC1. The van der Waals surface area contributed by atoms with Crippen LogP contribution in [-0.4, -0.2) is 31.1 Å². The van der Waals surface area contributed by atoms with Gasteiger partial charge in [0, 0.05) is 6.54 Å². The lowest BCUT2D eigenvalue weighted by molar-refractivity contribution is 0.190. The van der Waals surface area contributed by atoms with Gasteiger partial charge >= 0.3 is 0 Å². The maximum atomic E-state index is 12.7. The zero-order valence-corrected chi connectivity index (χ0v) is 11.9. The summed E-state index contributed by atoms with van der Waals surface area (Å²) in [6.45, 7) is 7.93. The Morgan fingerprint density at radius 3 is 2.58 bits per heavy atom. The Balaban J connectivity index is 1.53. The molecule has 1 saturated heterocycles. The van der Waals surface area contributed by atoms with Crippen LogP contribution in [0.15, 0.2) is 24.3 Å². The molecule has 1 aromatic rings. The molecule has 0 atom stereocenters. The predicted molar refractivity (Wildman–Crippen MR) is 77.6 cm³/mol. The third-order valence-corrected chi connectivity index (χ3v) is 3.95. The minimum absolute atomic E-state index is 0.164. The Labute approximate surface area is 116 Å². The first-order valence-electron chi connectivity index (χ1n) is 7.41.